The molecule has 0 saturated carbocycles. The number of nitrogens with one attached hydrogen (secondary N) is 1. The minimum Gasteiger partial charge on any atom is -0.330 e. The lowest BCUT2D eigenvalue weighted by molar-refractivity contribution is 0.432. The third-order valence-electron chi connectivity index (χ3n) is 2.14. The lowest BCUT2D eigenvalue weighted by Gasteiger charge is -2.17. The largest absolute Gasteiger partial charge is 0.330 e. The summed E-state index contributed by atoms with van der Waals surface area (Å²) in [5.74, 6) is 0.607. The van der Waals surface area contributed by atoms with Crippen molar-refractivity contribution in [3.63, 3.8) is 0 Å². The van der Waals surface area contributed by atoms with E-state index in [0.29, 0.717) is 12.0 Å². The molecule has 0 aliphatic heterocycles. The minimum atomic E-state index is 0.607. The molecule has 0 aromatic heterocycles. The molecule has 0 bridgehead atoms. The number of hydrogen-bond acceptors (Lipinski definition) is 2. The van der Waals surface area contributed by atoms with E-state index in [1.807, 2.05) is 0 Å². The van der Waals surface area contributed by atoms with E-state index < -0.39 is 0 Å². The first-order chi connectivity index (χ1) is 5.24. The Morgan fingerprint density at radius 3 is 2.18 bits per heavy atom. The van der Waals surface area contributed by atoms with Crippen LogP contribution in [0.15, 0.2) is 0 Å². The van der Waals surface area contributed by atoms with E-state index in [0.717, 1.165) is 13.1 Å². The fourth-order valence-electron chi connectivity index (χ4n) is 1.03. The Bertz CT molecular complexity index is 79.6. The summed E-state index contributed by atoms with van der Waals surface area (Å²) in [4.78, 5) is 0. The van der Waals surface area contributed by atoms with Crippen molar-refractivity contribution in [2.75, 3.05) is 13.1 Å². The Labute approximate surface area is 70.5 Å². The molecule has 0 saturated heterocycles. The predicted octanol–water partition coefficient (Wildman–Crippen LogP) is 1.36. The van der Waals surface area contributed by atoms with Crippen LogP contribution in [0.3, 0.4) is 0 Å². The van der Waals surface area contributed by atoms with E-state index in [-0.39, 0.29) is 0 Å². The number of hydrogen-bond donors (Lipinski definition) is 2. The van der Waals surface area contributed by atoms with Crippen molar-refractivity contribution in [1.29, 1.82) is 0 Å². The maximum absolute atomic E-state index is 5.50. The first-order valence-electron chi connectivity index (χ1n) is 4.68. The fraction of sp³-hybridized carbons (Fsp3) is 1.00. The van der Waals surface area contributed by atoms with Crippen molar-refractivity contribution >= 4 is 0 Å². The van der Waals surface area contributed by atoms with E-state index >= 15 is 0 Å². The summed E-state index contributed by atoms with van der Waals surface area (Å²) in [6, 6.07) is 0.684. The van der Waals surface area contributed by atoms with Gasteiger partial charge in [0.25, 0.3) is 0 Å². The molecule has 0 heterocycles. The van der Waals surface area contributed by atoms with Crippen molar-refractivity contribution in [2.45, 2.75) is 39.7 Å². The summed E-state index contributed by atoms with van der Waals surface area (Å²) in [6.07, 6.45) is 2.43. The highest BCUT2D eigenvalue weighted by molar-refractivity contribution is 4.65. The van der Waals surface area contributed by atoms with Crippen LogP contribution in [-0.2, 0) is 0 Å². The fourth-order valence-corrected chi connectivity index (χ4v) is 1.03. The van der Waals surface area contributed by atoms with Crippen molar-refractivity contribution in [1.82, 2.24) is 5.32 Å². The van der Waals surface area contributed by atoms with Gasteiger partial charge in [-0.1, -0.05) is 20.8 Å². The summed E-state index contributed by atoms with van der Waals surface area (Å²) < 4.78 is 0. The van der Waals surface area contributed by atoms with Crippen LogP contribution in [0, 0.1) is 5.92 Å². The Hall–Kier alpha value is -0.0800. The van der Waals surface area contributed by atoms with E-state index in [1.54, 1.807) is 0 Å². The molecule has 1 atom stereocenters. The van der Waals surface area contributed by atoms with Gasteiger partial charge in [0.2, 0.25) is 0 Å². The van der Waals surface area contributed by atoms with Gasteiger partial charge < -0.3 is 11.1 Å². The summed E-state index contributed by atoms with van der Waals surface area (Å²) in [6.45, 7) is 8.45. The zero-order valence-corrected chi connectivity index (χ0v) is 8.06. The van der Waals surface area contributed by atoms with Crippen molar-refractivity contribution in [3.05, 3.63) is 0 Å². The summed E-state index contributed by atoms with van der Waals surface area (Å²) in [7, 11) is 0. The second-order valence-corrected chi connectivity index (χ2v) is 3.26. The first kappa shape index (κ1) is 10.9. The molecule has 0 aromatic rings. The highest BCUT2D eigenvalue weighted by Gasteiger charge is 2.03. The molecule has 1 unspecified atom stereocenters. The third-order valence-corrected chi connectivity index (χ3v) is 2.14. The van der Waals surface area contributed by atoms with Crippen LogP contribution in [0.25, 0.3) is 0 Å². The Kier molecular flexibility index (Phi) is 6.57. The van der Waals surface area contributed by atoms with Crippen molar-refractivity contribution < 1.29 is 0 Å². The molecule has 68 valence electrons. The molecule has 0 aliphatic rings. The Balaban J connectivity index is 3.34. The van der Waals surface area contributed by atoms with Gasteiger partial charge in [0.05, 0.1) is 0 Å². The van der Waals surface area contributed by atoms with Crippen LogP contribution < -0.4 is 11.1 Å². The average molecular weight is 158 g/mol. The van der Waals surface area contributed by atoms with E-state index in [9.17, 15) is 0 Å². The maximum Gasteiger partial charge on any atom is 0.00619 e. The molecule has 0 rings (SSSR count). The van der Waals surface area contributed by atoms with Crippen molar-refractivity contribution in [3.8, 4) is 0 Å². The maximum atomic E-state index is 5.50. The number of nitrogens with two attached hydrogens (primary N) is 1. The van der Waals surface area contributed by atoms with E-state index in [4.69, 9.17) is 5.73 Å². The van der Waals surface area contributed by atoms with Gasteiger partial charge in [0, 0.05) is 6.04 Å². The smallest absolute Gasteiger partial charge is 0.00619 e. The van der Waals surface area contributed by atoms with Gasteiger partial charge in [-0.2, -0.15) is 0 Å². The van der Waals surface area contributed by atoms with Gasteiger partial charge in [0.15, 0.2) is 0 Å². The highest BCUT2D eigenvalue weighted by atomic mass is 14.9. The molecular formula is C9H22N2. The topological polar surface area (TPSA) is 38.0 Å². The molecule has 11 heavy (non-hydrogen) atoms. The molecule has 3 N–H and O–H groups in total. The molecule has 0 amide bonds. The standard InChI is InChI=1S/C9H22N2/c1-4-9(5-2)11-7-8(3)6-10/h8-9,11H,4-7,10H2,1-3H3. The van der Waals surface area contributed by atoms with Gasteiger partial charge in [-0.3, -0.25) is 0 Å². The lowest BCUT2D eigenvalue weighted by atomic mass is 10.1. The zero-order valence-electron chi connectivity index (χ0n) is 8.06. The molecule has 0 aliphatic carbocycles. The lowest BCUT2D eigenvalue weighted by Crippen LogP contribution is -2.33. The average Bonchev–Trinajstić information content (AvgIpc) is 2.06. The van der Waals surface area contributed by atoms with Gasteiger partial charge in [-0.05, 0) is 31.8 Å². The first-order valence-corrected chi connectivity index (χ1v) is 4.68. The molecule has 0 aromatic carbocycles. The van der Waals surface area contributed by atoms with Gasteiger partial charge in [-0.25, -0.2) is 0 Å². The second kappa shape index (κ2) is 6.62. The van der Waals surface area contributed by atoms with E-state index in [1.165, 1.54) is 12.8 Å². The monoisotopic (exact) mass is 158 g/mol. The zero-order chi connectivity index (χ0) is 8.69. The van der Waals surface area contributed by atoms with Crippen LogP contribution in [0.5, 0.6) is 0 Å². The Morgan fingerprint density at radius 1 is 1.27 bits per heavy atom. The summed E-state index contributed by atoms with van der Waals surface area (Å²) in [5.41, 5.74) is 5.50. The molecule has 0 spiro atoms. The van der Waals surface area contributed by atoms with Crippen LogP contribution in [-0.4, -0.2) is 19.1 Å². The molecule has 0 fully saturated rings. The van der Waals surface area contributed by atoms with Crippen LogP contribution in [0.1, 0.15) is 33.6 Å². The molecular weight excluding hydrogens is 136 g/mol. The third kappa shape index (κ3) is 5.22. The summed E-state index contributed by atoms with van der Waals surface area (Å²) in [5, 5.41) is 3.49. The SMILES string of the molecule is CCC(CC)NCC(C)CN. The molecule has 0 radical (unpaired) electrons. The van der Waals surface area contributed by atoms with Crippen molar-refractivity contribution in [2.24, 2.45) is 11.7 Å². The highest BCUT2D eigenvalue weighted by Crippen LogP contribution is 1.97. The second-order valence-electron chi connectivity index (χ2n) is 3.26. The predicted molar refractivity (Wildman–Crippen MR) is 50.6 cm³/mol. The minimum absolute atomic E-state index is 0.607. The van der Waals surface area contributed by atoms with E-state index in [2.05, 4.69) is 26.1 Å². The molecule has 2 nitrogen and oxygen atoms in total. The quantitative estimate of drug-likeness (QED) is 0.612. The summed E-state index contributed by atoms with van der Waals surface area (Å²) >= 11 is 0. The Morgan fingerprint density at radius 2 is 1.82 bits per heavy atom. The van der Waals surface area contributed by atoms with Crippen LogP contribution in [0.2, 0.25) is 0 Å². The molecule has 2 heteroatoms. The van der Waals surface area contributed by atoms with Gasteiger partial charge in [0.1, 0.15) is 0 Å². The van der Waals surface area contributed by atoms with Crippen LogP contribution >= 0.6 is 0 Å². The van der Waals surface area contributed by atoms with Gasteiger partial charge in [-0.15, -0.1) is 0 Å². The van der Waals surface area contributed by atoms with Crippen LogP contribution in [0.4, 0.5) is 0 Å². The number of rotatable bonds is 6. The van der Waals surface area contributed by atoms with Gasteiger partial charge >= 0.3 is 0 Å². The normalized spacial score (nSPS) is 13.9.